The topological polar surface area (TPSA) is 123 Å². The number of benzene rings is 1. The molecule has 218 valence electrons. The molecule has 13 heteroatoms. The number of aryl methyl sites for hydroxylation is 2. The van der Waals surface area contributed by atoms with Gasteiger partial charge in [-0.1, -0.05) is 6.07 Å². The van der Waals surface area contributed by atoms with Crippen LogP contribution in [0.15, 0.2) is 24.4 Å². The Labute approximate surface area is 239 Å². The van der Waals surface area contributed by atoms with Crippen LogP contribution in [0.5, 0.6) is 11.8 Å². The molecule has 1 aromatic carbocycles. The summed E-state index contributed by atoms with van der Waals surface area (Å²) >= 11 is 0. The van der Waals surface area contributed by atoms with Crippen molar-refractivity contribution in [2.75, 3.05) is 32.9 Å². The van der Waals surface area contributed by atoms with Gasteiger partial charge in [0.1, 0.15) is 12.2 Å². The van der Waals surface area contributed by atoms with Crippen LogP contribution in [0.25, 0.3) is 34.2 Å². The number of hydrogen-bond donors (Lipinski definition) is 1. The van der Waals surface area contributed by atoms with Gasteiger partial charge in [0.05, 0.1) is 40.5 Å². The predicted molar refractivity (Wildman–Crippen MR) is 157 cm³/mol. The smallest absolute Gasteiger partial charge is 0.240 e. The fourth-order valence-electron chi connectivity index (χ4n) is 5.67. The average molecular weight is 581 g/mol. The van der Waals surface area contributed by atoms with Crippen molar-refractivity contribution in [3.8, 4) is 22.9 Å². The molecule has 12 nitrogen and oxygen atoms in total. The number of sulfonamides is 1. The first-order chi connectivity index (χ1) is 19.6. The summed E-state index contributed by atoms with van der Waals surface area (Å²) < 4.78 is 42.0. The second kappa shape index (κ2) is 10.6. The quantitative estimate of drug-likeness (QED) is 0.393. The highest BCUT2D eigenvalue weighted by Crippen LogP contribution is 2.34. The number of aromatic amines is 1. The normalized spacial score (nSPS) is 20.3. The number of H-pyrrole nitrogens is 1. The molecule has 0 aliphatic carbocycles. The largest absolute Gasteiger partial charge is 0.473 e. The zero-order valence-electron chi connectivity index (χ0n) is 24.0. The SMILES string of the molecule is CC1CN(C)Cc2c(c(OC3CCN(S(C)(=O)=O)CC3)nn2C)/C=C/c2[nH]nc3ccc(cc23)-c2cnn(C)c2O1. The van der Waals surface area contributed by atoms with Gasteiger partial charge in [0, 0.05) is 45.7 Å². The highest BCUT2D eigenvalue weighted by Gasteiger charge is 2.28. The molecular formula is C28H36N8O4S. The molecule has 2 aliphatic rings. The molecule has 1 fully saturated rings. The Morgan fingerprint density at radius 1 is 1.10 bits per heavy atom. The van der Waals surface area contributed by atoms with Crippen LogP contribution < -0.4 is 9.47 Å². The van der Waals surface area contributed by atoms with Crippen molar-refractivity contribution in [2.45, 2.75) is 38.5 Å². The molecular weight excluding hydrogens is 544 g/mol. The van der Waals surface area contributed by atoms with Gasteiger partial charge in [-0.15, -0.1) is 5.10 Å². The lowest BCUT2D eigenvalue weighted by atomic mass is 10.0. The summed E-state index contributed by atoms with van der Waals surface area (Å²) in [6, 6.07) is 6.14. The maximum atomic E-state index is 12.0. The van der Waals surface area contributed by atoms with Gasteiger partial charge in [0.2, 0.25) is 21.8 Å². The molecule has 4 aromatic rings. The zero-order chi connectivity index (χ0) is 28.9. The molecule has 0 saturated carbocycles. The fraction of sp³-hybridized carbons (Fsp3) is 0.464. The lowest BCUT2D eigenvalue weighted by molar-refractivity contribution is 0.129. The predicted octanol–water partition coefficient (Wildman–Crippen LogP) is 2.88. The van der Waals surface area contributed by atoms with E-state index in [1.165, 1.54) is 10.6 Å². The van der Waals surface area contributed by atoms with E-state index in [1.807, 2.05) is 49.3 Å². The number of likely N-dealkylation sites (N-methyl/N-ethyl adjacent to an activating group) is 1. The van der Waals surface area contributed by atoms with E-state index < -0.39 is 10.0 Å². The molecule has 0 radical (unpaired) electrons. The first-order valence-corrected chi connectivity index (χ1v) is 15.6. The van der Waals surface area contributed by atoms with Gasteiger partial charge in [0.25, 0.3) is 0 Å². The van der Waals surface area contributed by atoms with Crippen molar-refractivity contribution in [1.29, 1.82) is 0 Å². The number of fused-ring (bicyclic) bond motifs is 4. The van der Waals surface area contributed by atoms with Crippen molar-refractivity contribution in [3.05, 3.63) is 41.3 Å². The lowest BCUT2D eigenvalue weighted by Gasteiger charge is -2.30. The number of ether oxygens (including phenoxy) is 2. The molecule has 2 aliphatic heterocycles. The summed E-state index contributed by atoms with van der Waals surface area (Å²) in [7, 11) is 2.67. The number of nitrogens with one attached hydrogen (secondary N) is 1. The van der Waals surface area contributed by atoms with Crippen molar-refractivity contribution in [1.82, 2.24) is 39.0 Å². The van der Waals surface area contributed by atoms with E-state index in [1.54, 1.807) is 4.68 Å². The number of nitrogens with zero attached hydrogens (tertiary/aromatic N) is 7. The average Bonchev–Trinajstić information content (AvgIpc) is 3.57. The van der Waals surface area contributed by atoms with Gasteiger partial charge < -0.3 is 9.47 Å². The van der Waals surface area contributed by atoms with Crippen LogP contribution in [0.1, 0.15) is 36.7 Å². The molecule has 3 aromatic heterocycles. The van der Waals surface area contributed by atoms with E-state index >= 15 is 0 Å². The molecule has 1 atom stereocenters. The van der Waals surface area contributed by atoms with Crippen LogP contribution >= 0.6 is 0 Å². The highest BCUT2D eigenvalue weighted by molar-refractivity contribution is 7.88. The van der Waals surface area contributed by atoms with Crippen LogP contribution in [0.3, 0.4) is 0 Å². The Morgan fingerprint density at radius 2 is 1.88 bits per heavy atom. The van der Waals surface area contributed by atoms with Gasteiger partial charge in [-0.05, 0) is 56.7 Å². The Balaban J connectivity index is 1.39. The van der Waals surface area contributed by atoms with Crippen molar-refractivity contribution in [3.63, 3.8) is 0 Å². The Hall–Kier alpha value is -3.68. The van der Waals surface area contributed by atoms with Crippen LogP contribution in [-0.4, -0.2) is 92.5 Å². The second-order valence-corrected chi connectivity index (χ2v) is 13.1. The second-order valence-electron chi connectivity index (χ2n) is 11.1. The first kappa shape index (κ1) is 27.5. The summed E-state index contributed by atoms with van der Waals surface area (Å²) in [6.45, 7) is 4.24. The minimum absolute atomic E-state index is 0.101. The van der Waals surface area contributed by atoms with Gasteiger partial charge in [0.15, 0.2) is 0 Å². The monoisotopic (exact) mass is 580 g/mol. The Morgan fingerprint density at radius 3 is 2.63 bits per heavy atom. The molecule has 6 rings (SSSR count). The van der Waals surface area contributed by atoms with E-state index in [2.05, 4.69) is 40.2 Å². The van der Waals surface area contributed by atoms with Crippen LogP contribution in [0.2, 0.25) is 0 Å². The van der Waals surface area contributed by atoms with Gasteiger partial charge in [-0.2, -0.15) is 10.2 Å². The maximum absolute atomic E-state index is 12.0. The summed E-state index contributed by atoms with van der Waals surface area (Å²) in [4.78, 5) is 2.21. The summed E-state index contributed by atoms with van der Waals surface area (Å²) in [5.41, 5.74) is 5.54. The van der Waals surface area contributed by atoms with Crippen LogP contribution in [-0.2, 0) is 30.7 Å². The maximum Gasteiger partial charge on any atom is 0.240 e. The number of rotatable bonds is 3. The molecule has 2 bridgehead atoms. The zero-order valence-corrected chi connectivity index (χ0v) is 24.8. The third-order valence-corrected chi connectivity index (χ3v) is 9.12. The van der Waals surface area contributed by atoms with E-state index in [9.17, 15) is 8.42 Å². The number of hydrogen-bond acceptors (Lipinski definition) is 8. The third-order valence-electron chi connectivity index (χ3n) is 7.82. The number of piperidine rings is 1. The molecule has 1 saturated heterocycles. The number of aromatic nitrogens is 6. The minimum Gasteiger partial charge on any atom is -0.473 e. The van der Waals surface area contributed by atoms with Crippen molar-refractivity contribution < 1.29 is 17.9 Å². The van der Waals surface area contributed by atoms with Crippen LogP contribution in [0.4, 0.5) is 0 Å². The third kappa shape index (κ3) is 5.48. The highest BCUT2D eigenvalue weighted by atomic mass is 32.2. The van der Waals surface area contributed by atoms with E-state index in [-0.39, 0.29) is 12.2 Å². The molecule has 1 N–H and O–H groups in total. The van der Waals surface area contributed by atoms with Gasteiger partial charge in [-0.3, -0.25) is 14.7 Å². The summed E-state index contributed by atoms with van der Waals surface area (Å²) in [6.07, 6.45) is 8.14. The molecule has 1 unspecified atom stereocenters. The molecule has 0 amide bonds. The van der Waals surface area contributed by atoms with E-state index in [4.69, 9.17) is 14.6 Å². The van der Waals surface area contributed by atoms with Gasteiger partial charge >= 0.3 is 0 Å². The first-order valence-electron chi connectivity index (χ1n) is 13.8. The standard InChI is InChI=1S/C28H36N8O4S/c1-18-16-33(2)17-26-21(27(32-34(26)3)40-20-10-12-36(13-11-20)41(5,37)38)7-9-25-22-14-19(6-8-24(22)30-31-25)23-15-29-35(4)28(23)39-18/h6-9,14-15,18,20H,10-13,16-17H2,1-5H3,(H,30,31)/b9-7+. The Bertz CT molecular complexity index is 1710. The van der Waals surface area contributed by atoms with Crippen LogP contribution in [0, 0.1) is 0 Å². The summed E-state index contributed by atoms with van der Waals surface area (Å²) in [5.74, 6) is 1.26. The minimum atomic E-state index is -3.21. The summed E-state index contributed by atoms with van der Waals surface area (Å²) in [5, 5.41) is 17.9. The fourth-order valence-corrected chi connectivity index (χ4v) is 6.55. The molecule has 5 heterocycles. The van der Waals surface area contributed by atoms with Crippen molar-refractivity contribution >= 4 is 33.1 Å². The Kier molecular flexibility index (Phi) is 7.12. The van der Waals surface area contributed by atoms with E-state index in [0.29, 0.717) is 44.9 Å². The van der Waals surface area contributed by atoms with Crippen molar-refractivity contribution in [2.24, 2.45) is 14.1 Å². The molecule has 41 heavy (non-hydrogen) atoms. The molecule has 0 spiro atoms. The van der Waals surface area contributed by atoms with E-state index in [0.717, 1.165) is 44.9 Å². The van der Waals surface area contributed by atoms with Gasteiger partial charge in [-0.25, -0.2) is 17.4 Å². The lowest BCUT2D eigenvalue weighted by Crippen LogP contribution is -2.41.